The minimum Gasteiger partial charge on any atom is -0.355 e. The molecule has 2 aromatic rings. The Kier molecular flexibility index (Phi) is 5.48. The molecule has 2 amide bonds. The third kappa shape index (κ3) is 3.94. The Labute approximate surface area is 149 Å². The lowest BCUT2D eigenvalue weighted by Gasteiger charge is -2.10. The van der Waals surface area contributed by atoms with Crippen LogP contribution in [0.1, 0.15) is 30.9 Å². The molecule has 0 atom stereocenters. The third-order valence-electron chi connectivity index (χ3n) is 3.68. The highest BCUT2D eigenvalue weighted by Gasteiger charge is 2.18. The second-order valence-electron chi connectivity index (χ2n) is 5.31. The van der Waals surface area contributed by atoms with E-state index < -0.39 is 0 Å². The largest absolute Gasteiger partial charge is 0.355 e. The molecule has 0 unspecified atom stereocenters. The van der Waals surface area contributed by atoms with Gasteiger partial charge in [-0.25, -0.2) is 0 Å². The number of carbonyl (C=O) groups excluding carboxylic acids is 2. The zero-order valence-corrected chi connectivity index (χ0v) is 14.9. The van der Waals surface area contributed by atoms with Crippen LogP contribution in [0, 0.1) is 0 Å². The van der Waals surface area contributed by atoms with Crippen molar-refractivity contribution in [1.82, 2.24) is 5.32 Å². The average molecular weight is 358 g/mol. The van der Waals surface area contributed by atoms with Crippen molar-refractivity contribution in [3.05, 3.63) is 65.2 Å². The van der Waals surface area contributed by atoms with Gasteiger partial charge in [-0.15, -0.1) is 23.5 Å². The van der Waals surface area contributed by atoms with Gasteiger partial charge >= 0.3 is 0 Å². The van der Waals surface area contributed by atoms with Crippen LogP contribution >= 0.6 is 23.5 Å². The van der Waals surface area contributed by atoms with E-state index in [1.54, 1.807) is 31.3 Å². The maximum atomic E-state index is 12.4. The van der Waals surface area contributed by atoms with Gasteiger partial charge in [-0.2, -0.15) is 0 Å². The first-order valence-electron chi connectivity index (χ1n) is 7.64. The average Bonchev–Trinajstić information content (AvgIpc) is 3.16. The Balaban J connectivity index is 1.69. The topological polar surface area (TPSA) is 58.2 Å². The molecule has 0 aromatic heterocycles. The van der Waals surface area contributed by atoms with Gasteiger partial charge in [-0.1, -0.05) is 18.2 Å². The monoisotopic (exact) mass is 358 g/mol. The molecule has 0 saturated carbocycles. The lowest BCUT2D eigenvalue weighted by Crippen LogP contribution is -2.18. The second kappa shape index (κ2) is 7.77. The molecule has 24 heavy (non-hydrogen) atoms. The predicted molar refractivity (Wildman–Crippen MR) is 102 cm³/mol. The van der Waals surface area contributed by atoms with E-state index in [0.29, 0.717) is 21.4 Å². The smallest absolute Gasteiger partial charge is 0.255 e. The number of nitrogens with one attached hydrogen (secondary N) is 2. The molecule has 2 aromatic carbocycles. The van der Waals surface area contributed by atoms with Gasteiger partial charge < -0.3 is 10.6 Å². The van der Waals surface area contributed by atoms with Crippen molar-refractivity contribution in [2.45, 2.75) is 4.58 Å². The molecule has 0 spiro atoms. The predicted octanol–water partition coefficient (Wildman–Crippen LogP) is 3.78. The zero-order chi connectivity index (χ0) is 16.9. The summed E-state index contributed by atoms with van der Waals surface area (Å²) >= 11 is 3.89. The summed E-state index contributed by atoms with van der Waals surface area (Å²) in [6, 6.07) is 14.6. The van der Waals surface area contributed by atoms with Gasteiger partial charge in [-0.3, -0.25) is 9.59 Å². The van der Waals surface area contributed by atoms with Crippen LogP contribution < -0.4 is 10.6 Å². The van der Waals surface area contributed by atoms with E-state index in [9.17, 15) is 9.59 Å². The number of amides is 2. The molecule has 1 fully saturated rings. The van der Waals surface area contributed by atoms with Crippen molar-refractivity contribution >= 4 is 41.0 Å². The minimum atomic E-state index is -0.179. The molecule has 0 radical (unpaired) electrons. The fourth-order valence-electron chi connectivity index (χ4n) is 2.43. The number of anilines is 1. The first kappa shape index (κ1) is 16.9. The number of benzene rings is 2. The van der Waals surface area contributed by atoms with Gasteiger partial charge in [0, 0.05) is 35.4 Å². The van der Waals surface area contributed by atoms with Crippen molar-refractivity contribution in [2.75, 3.05) is 23.9 Å². The van der Waals surface area contributed by atoms with Gasteiger partial charge in [0.2, 0.25) is 0 Å². The summed E-state index contributed by atoms with van der Waals surface area (Å²) in [6.07, 6.45) is 0. The van der Waals surface area contributed by atoms with Gasteiger partial charge in [0.1, 0.15) is 0 Å². The molecule has 1 aliphatic heterocycles. The molecule has 1 aliphatic rings. The molecule has 4 nitrogen and oxygen atoms in total. The number of rotatable bonds is 4. The van der Waals surface area contributed by atoms with Gasteiger partial charge in [0.25, 0.3) is 11.8 Å². The molecule has 2 N–H and O–H groups in total. The summed E-state index contributed by atoms with van der Waals surface area (Å²) in [5.74, 6) is 2.00. The van der Waals surface area contributed by atoms with E-state index in [1.165, 1.54) is 17.1 Å². The van der Waals surface area contributed by atoms with E-state index in [-0.39, 0.29) is 11.8 Å². The Morgan fingerprint density at radius 3 is 2.33 bits per heavy atom. The van der Waals surface area contributed by atoms with Crippen LogP contribution in [-0.2, 0) is 0 Å². The minimum absolute atomic E-state index is 0.178. The van der Waals surface area contributed by atoms with Crippen molar-refractivity contribution in [3.63, 3.8) is 0 Å². The second-order valence-corrected chi connectivity index (χ2v) is 8.03. The quantitative estimate of drug-likeness (QED) is 0.873. The van der Waals surface area contributed by atoms with Crippen molar-refractivity contribution in [2.24, 2.45) is 0 Å². The normalized spacial score (nSPS) is 14.4. The van der Waals surface area contributed by atoms with Gasteiger partial charge in [-0.05, 0) is 35.9 Å². The Bertz CT molecular complexity index is 741. The maximum Gasteiger partial charge on any atom is 0.255 e. The molecule has 124 valence electrons. The lowest BCUT2D eigenvalue weighted by atomic mass is 10.1. The standard InChI is InChI=1S/C18H18N2O2S2/c1-19-16(21)14-3-2-4-15(11-14)20-17(22)12-5-7-13(8-6-12)18-23-9-10-24-18/h2-8,11,18H,9-10H2,1H3,(H,19,21)(H,20,22). The Hall–Kier alpha value is -1.92. The summed E-state index contributed by atoms with van der Waals surface area (Å²) in [6.45, 7) is 0. The fourth-order valence-corrected chi connectivity index (χ4v) is 5.29. The fraction of sp³-hybridized carbons (Fsp3) is 0.222. The highest BCUT2D eigenvalue weighted by atomic mass is 32.2. The Morgan fingerprint density at radius 1 is 0.958 bits per heavy atom. The van der Waals surface area contributed by atoms with E-state index >= 15 is 0 Å². The van der Waals surface area contributed by atoms with Crippen LogP contribution in [0.3, 0.4) is 0 Å². The number of hydrogen-bond donors (Lipinski definition) is 2. The van der Waals surface area contributed by atoms with E-state index in [4.69, 9.17) is 0 Å². The summed E-state index contributed by atoms with van der Waals surface area (Å²) in [7, 11) is 1.58. The summed E-state index contributed by atoms with van der Waals surface area (Å²) in [5.41, 5.74) is 2.98. The van der Waals surface area contributed by atoms with E-state index in [0.717, 1.165) is 0 Å². The summed E-state index contributed by atoms with van der Waals surface area (Å²) < 4.78 is 0.478. The third-order valence-corrected chi connectivity index (χ3v) is 6.78. The first-order chi connectivity index (χ1) is 11.7. The molecule has 6 heteroatoms. The molecule has 1 saturated heterocycles. The summed E-state index contributed by atoms with van der Waals surface area (Å²) in [5, 5.41) is 5.41. The van der Waals surface area contributed by atoms with Crippen LogP contribution in [0.25, 0.3) is 0 Å². The Morgan fingerprint density at radius 2 is 1.67 bits per heavy atom. The number of hydrogen-bond acceptors (Lipinski definition) is 4. The first-order valence-corrected chi connectivity index (χ1v) is 9.74. The summed E-state index contributed by atoms with van der Waals surface area (Å²) in [4.78, 5) is 24.0. The van der Waals surface area contributed by atoms with Crippen LogP contribution in [0.15, 0.2) is 48.5 Å². The van der Waals surface area contributed by atoms with Crippen molar-refractivity contribution in [1.29, 1.82) is 0 Å². The molecule has 3 rings (SSSR count). The highest BCUT2D eigenvalue weighted by Crippen LogP contribution is 2.45. The van der Waals surface area contributed by atoms with E-state index in [2.05, 4.69) is 10.6 Å². The van der Waals surface area contributed by atoms with E-state index in [1.807, 2.05) is 47.8 Å². The molecule has 0 bridgehead atoms. The maximum absolute atomic E-state index is 12.4. The van der Waals surface area contributed by atoms with Crippen molar-refractivity contribution in [3.8, 4) is 0 Å². The van der Waals surface area contributed by atoms with Crippen LogP contribution in [0.2, 0.25) is 0 Å². The van der Waals surface area contributed by atoms with Crippen molar-refractivity contribution < 1.29 is 9.59 Å². The van der Waals surface area contributed by atoms with Gasteiger partial charge in [0.15, 0.2) is 0 Å². The van der Waals surface area contributed by atoms with Crippen LogP contribution in [0.5, 0.6) is 0 Å². The SMILES string of the molecule is CNC(=O)c1cccc(NC(=O)c2ccc(C3SCCS3)cc2)c1. The zero-order valence-electron chi connectivity index (χ0n) is 13.2. The van der Waals surface area contributed by atoms with Crippen LogP contribution in [0.4, 0.5) is 5.69 Å². The number of carbonyl (C=O) groups is 2. The molecule has 1 heterocycles. The number of thioether (sulfide) groups is 2. The molecular weight excluding hydrogens is 340 g/mol. The van der Waals surface area contributed by atoms with Crippen LogP contribution in [-0.4, -0.2) is 30.4 Å². The molecular formula is C18H18N2O2S2. The lowest BCUT2D eigenvalue weighted by molar-refractivity contribution is 0.0961. The van der Waals surface area contributed by atoms with Gasteiger partial charge in [0.05, 0.1) is 4.58 Å². The molecule has 0 aliphatic carbocycles. The highest BCUT2D eigenvalue weighted by molar-refractivity contribution is 8.19.